The van der Waals surface area contributed by atoms with Crippen molar-refractivity contribution in [2.45, 2.75) is 39.0 Å². The summed E-state index contributed by atoms with van der Waals surface area (Å²) >= 11 is 0. The average Bonchev–Trinajstić information content (AvgIpc) is 2.37. The molecule has 18 heavy (non-hydrogen) atoms. The van der Waals surface area contributed by atoms with Gasteiger partial charge in [-0.2, -0.15) is 0 Å². The normalized spacial score (nSPS) is 11.5. The molecule has 0 radical (unpaired) electrons. The molecule has 2 rings (SSSR count). The fourth-order valence-electron chi connectivity index (χ4n) is 1.84. The van der Waals surface area contributed by atoms with Crippen LogP contribution in [-0.4, -0.2) is 9.97 Å². The Balaban J connectivity index is 2.06. The number of hydrogen-bond acceptors (Lipinski definition) is 2. The predicted octanol–water partition coefficient (Wildman–Crippen LogP) is 3.56. The van der Waals surface area contributed by atoms with E-state index in [2.05, 4.69) is 55.0 Å². The van der Waals surface area contributed by atoms with Crippen LogP contribution in [0.4, 0.5) is 0 Å². The van der Waals surface area contributed by atoms with Crippen molar-refractivity contribution < 1.29 is 0 Å². The molecule has 0 aliphatic rings. The molecule has 0 spiro atoms. The van der Waals surface area contributed by atoms with Gasteiger partial charge in [0.1, 0.15) is 5.82 Å². The predicted molar refractivity (Wildman–Crippen MR) is 74.6 cm³/mol. The van der Waals surface area contributed by atoms with Crippen LogP contribution in [0.25, 0.3) is 0 Å². The zero-order valence-electron chi connectivity index (χ0n) is 11.4. The number of benzene rings is 1. The second-order valence-corrected chi connectivity index (χ2v) is 5.59. The van der Waals surface area contributed by atoms with Gasteiger partial charge in [-0.3, -0.25) is 0 Å². The van der Waals surface area contributed by atoms with Crippen LogP contribution in [0, 0.1) is 0 Å². The number of aryl methyl sites for hydroxylation is 2. The number of hydrogen-bond donors (Lipinski definition) is 0. The first-order valence-corrected chi connectivity index (χ1v) is 6.42. The minimum absolute atomic E-state index is 0.0877. The number of rotatable bonds is 3. The van der Waals surface area contributed by atoms with Gasteiger partial charge in [-0.25, -0.2) is 9.97 Å². The molecule has 0 N–H and O–H groups in total. The molecule has 0 atom stereocenters. The molecule has 0 fully saturated rings. The summed E-state index contributed by atoms with van der Waals surface area (Å²) in [4.78, 5) is 9.00. The quantitative estimate of drug-likeness (QED) is 0.819. The minimum Gasteiger partial charge on any atom is -0.241 e. The number of nitrogens with zero attached hydrogens (tertiary/aromatic N) is 2. The topological polar surface area (TPSA) is 25.8 Å². The summed E-state index contributed by atoms with van der Waals surface area (Å²) in [6.45, 7) is 6.53. The third-order valence-electron chi connectivity index (χ3n) is 2.95. The Labute approximate surface area is 109 Å². The van der Waals surface area contributed by atoms with E-state index in [9.17, 15) is 0 Å². The highest BCUT2D eigenvalue weighted by Gasteiger charge is 2.15. The van der Waals surface area contributed by atoms with Gasteiger partial charge in [-0.15, -0.1) is 0 Å². The van der Waals surface area contributed by atoms with Gasteiger partial charge in [0.2, 0.25) is 0 Å². The highest BCUT2D eigenvalue weighted by molar-refractivity contribution is 5.16. The monoisotopic (exact) mass is 240 g/mol. The molecule has 0 aliphatic carbocycles. The van der Waals surface area contributed by atoms with Gasteiger partial charge in [0.25, 0.3) is 0 Å². The lowest BCUT2D eigenvalue weighted by atomic mass is 9.92. The summed E-state index contributed by atoms with van der Waals surface area (Å²) in [5.41, 5.74) is 2.53. The molecular formula is C16H20N2. The summed E-state index contributed by atoms with van der Waals surface area (Å²) in [6, 6.07) is 12.5. The molecule has 2 heteroatoms. The van der Waals surface area contributed by atoms with Crippen LogP contribution in [-0.2, 0) is 18.3 Å². The van der Waals surface area contributed by atoms with E-state index < -0.39 is 0 Å². The molecule has 0 saturated heterocycles. The zero-order valence-corrected chi connectivity index (χ0v) is 11.4. The molecular weight excluding hydrogens is 220 g/mol. The molecule has 94 valence electrons. The van der Waals surface area contributed by atoms with Crippen molar-refractivity contribution in [2.75, 3.05) is 0 Å². The molecule has 2 nitrogen and oxygen atoms in total. The third kappa shape index (κ3) is 3.39. The van der Waals surface area contributed by atoms with E-state index in [1.54, 1.807) is 0 Å². The van der Waals surface area contributed by atoms with Gasteiger partial charge < -0.3 is 0 Å². The first-order chi connectivity index (χ1) is 8.55. The summed E-state index contributed by atoms with van der Waals surface area (Å²) in [5.74, 6) is 0.936. The van der Waals surface area contributed by atoms with E-state index in [1.165, 1.54) is 5.56 Å². The molecule has 0 bridgehead atoms. The summed E-state index contributed by atoms with van der Waals surface area (Å²) in [6.07, 6.45) is 3.76. The minimum atomic E-state index is 0.0877. The SMILES string of the molecule is CC(C)(C)c1ccnc(CCc2ccccc2)n1. The maximum absolute atomic E-state index is 4.65. The van der Waals surface area contributed by atoms with E-state index >= 15 is 0 Å². The fraction of sp³-hybridized carbons (Fsp3) is 0.375. The lowest BCUT2D eigenvalue weighted by molar-refractivity contribution is 0.561. The van der Waals surface area contributed by atoms with Crippen LogP contribution in [0.5, 0.6) is 0 Å². The van der Waals surface area contributed by atoms with Crippen LogP contribution in [0.3, 0.4) is 0 Å². The summed E-state index contributed by atoms with van der Waals surface area (Å²) in [7, 11) is 0. The largest absolute Gasteiger partial charge is 0.241 e. The molecule has 0 saturated carbocycles. The Hall–Kier alpha value is -1.70. The number of aromatic nitrogens is 2. The summed E-state index contributed by atoms with van der Waals surface area (Å²) < 4.78 is 0. The first-order valence-electron chi connectivity index (χ1n) is 6.42. The maximum atomic E-state index is 4.65. The van der Waals surface area contributed by atoms with E-state index in [1.807, 2.05) is 18.3 Å². The van der Waals surface area contributed by atoms with Gasteiger partial charge in [-0.1, -0.05) is 51.1 Å². The van der Waals surface area contributed by atoms with Crippen LogP contribution in [0.2, 0.25) is 0 Å². The Morgan fingerprint density at radius 2 is 1.67 bits per heavy atom. The van der Waals surface area contributed by atoms with Crippen molar-refractivity contribution in [2.24, 2.45) is 0 Å². The Kier molecular flexibility index (Phi) is 3.75. The summed E-state index contributed by atoms with van der Waals surface area (Å²) in [5, 5.41) is 0. The van der Waals surface area contributed by atoms with Crippen LogP contribution in [0.15, 0.2) is 42.6 Å². The standard InChI is InChI=1S/C16H20N2/c1-16(2,3)14-11-12-17-15(18-14)10-9-13-7-5-4-6-8-13/h4-8,11-12H,9-10H2,1-3H3. The maximum Gasteiger partial charge on any atom is 0.128 e. The molecule has 0 amide bonds. The van der Waals surface area contributed by atoms with E-state index in [0.717, 1.165) is 24.4 Å². The Morgan fingerprint density at radius 3 is 2.33 bits per heavy atom. The second kappa shape index (κ2) is 5.30. The fourth-order valence-corrected chi connectivity index (χ4v) is 1.84. The average molecular weight is 240 g/mol. The van der Waals surface area contributed by atoms with Crippen molar-refractivity contribution in [3.8, 4) is 0 Å². The molecule has 1 aromatic heterocycles. The second-order valence-electron chi connectivity index (χ2n) is 5.59. The van der Waals surface area contributed by atoms with Gasteiger partial charge in [0.15, 0.2) is 0 Å². The van der Waals surface area contributed by atoms with Crippen molar-refractivity contribution in [3.05, 3.63) is 59.7 Å². The van der Waals surface area contributed by atoms with Gasteiger partial charge in [-0.05, 0) is 18.1 Å². The lowest BCUT2D eigenvalue weighted by Gasteiger charge is -2.17. The molecule has 0 unspecified atom stereocenters. The van der Waals surface area contributed by atoms with Gasteiger partial charge >= 0.3 is 0 Å². The first kappa shape index (κ1) is 12.7. The molecule has 0 aliphatic heterocycles. The van der Waals surface area contributed by atoms with Crippen LogP contribution < -0.4 is 0 Å². The van der Waals surface area contributed by atoms with E-state index in [0.29, 0.717) is 0 Å². The van der Waals surface area contributed by atoms with E-state index in [4.69, 9.17) is 0 Å². The zero-order chi connectivity index (χ0) is 13.0. The molecule has 2 aromatic rings. The highest BCUT2D eigenvalue weighted by atomic mass is 14.9. The lowest BCUT2D eigenvalue weighted by Crippen LogP contribution is -2.15. The van der Waals surface area contributed by atoms with Crippen molar-refractivity contribution in [1.82, 2.24) is 9.97 Å². The van der Waals surface area contributed by atoms with Crippen LogP contribution >= 0.6 is 0 Å². The van der Waals surface area contributed by atoms with Gasteiger partial charge in [0, 0.05) is 23.7 Å². The van der Waals surface area contributed by atoms with Crippen molar-refractivity contribution in [1.29, 1.82) is 0 Å². The molecule has 1 aromatic carbocycles. The third-order valence-corrected chi connectivity index (χ3v) is 2.95. The smallest absolute Gasteiger partial charge is 0.128 e. The Bertz CT molecular complexity index is 498. The van der Waals surface area contributed by atoms with Crippen LogP contribution in [0.1, 0.15) is 37.9 Å². The highest BCUT2D eigenvalue weighted by Crippen LogP contribution is 2.19. The molecule has 1 heterocycles. The Morgan fingerprint density at radius 1 is 0.944 bits per heavy atom. The van der Waals surface area contributed by atoms with Crippen molar-refractivity contribution in [3.63, 3.8) is 0 Å². The van der Waals surface area contributed by atoms with E-state index in [-0.39, 0.29) is 5.41 Å². The van der Waals surface area contributed by atoms with Crippen molar-refractivity contribution >= 4 is 0 Å². The van der Waals surface area contributed by atoms with Gasteiger partial charge in [0.05, 0.1) is 0 Å².